The molecule has 0 saturated carbocycles. The number of nitrogens with one attached hydrogen (secondary N) is 1. The van der Waals surface area contributed by atoms with Gasteiger partial charge in [0.25, 0.3) is 5.91 Å². The van der Waals surface area contributed by atoms with Gasteiger partial charge in [-0.05, 0) is 48.7 Å². The molecule has 0 aliphatic carbocycles. The van der Waals surface area contributed by atoms with E-state index >= 15 is 0 Å². The molecule has 148 valence electrons. The van der Waals surface area contributed by atoms with Gasteiger partial charge in [-0.1, -0.05) is 18.2 Å². The maximum atomic E-state index is 13.3. The smallest absolute Gasteiger partial charge is 0.255 e. The summed E-state index contributed by atoms with van der Waals surface area (Å²) in [5, 5.41) is 2.70. The third-order valence-corrected chi connectivity index (χ3v) is 5.71. The average molecular weight is 404 g/mol. The van der Waals surface area contributed by atoms with Crippen molar-refractivity contribution in [2.75, 3.05) is 17.3 Å². The second-order valence-electron chi connectivity index (χ2n) is 6.97. The van der Waals surface area contributed by atoms with Gasteiger partial charge in [0, 0.05) is 24.1 Å². The van der Waals surface area contributed by atoms with Crippen LogP contribution in [-0.2, 0) is 21.2 Å². The second kappa shape index (κ2) is 7.71. The molecule has 1 N–H and O–H groups in total. The molecule has 3 rings (SSSR count). The molecule has 0 radical (unpaired) electrons. The zero-order valence-electron chi connectivity index (χ0n) is 15.6. The fraction of sp³-hybridized carbons (Fsp3) is 0.300. The predicted molar refractivity (Wildman–Crippen MR) is 104 cm³/mol. The zero-order chi connectivity index (χ0) is 20.5. The topological polar surface area (TPSA) is 83.6 Å². The van der Waals surface area contributed by atoms with Crippen LogP contribution in [0.4, 0.5) is 10.1 Å². The number of halogens is 1. The summed E-state index contributed by atoms with van der Waals surface area (Å²) >= 11 is 0. The maximum Gasteiger partial charge on any atom is 0.255 e. The molecule has 0 bridgehead atoms. The molecule has 2 amide bonds. The summed E-state index contributed by atoms with van der Waals surface area (Å²) in [6.07, 6.45) is 1.07. The minimum Gasteiger partial charge on any atom is -0.324 e. The number of hydrogen-bond donors (Lipinski definition) is 1. The zero-order valence-corrected chi connectivity index (χ0v) is 16.4. The van der Waals surface area contributed by atoms with Crippen LogP contribution in [0.3, 0.4) is 0 Å². The number of hydrogen-bond acceptors (Lipinski definition) is 4. The van der Waals surface area contributed by atoms with Crippen LogP contribution in [0, 0.1) is 12.7 Å². The Labute approximate surface area is 163 Å². The van der Waals surface area contributed by atoms with Crippen LogP contribution in [0.25, 0.3) is 0 Å². The van der Waals surface area contributed by atoms with Crippen LogP contribution in [-0.4, -0.2) is 43.2 Å². The predicted octanol–water partition coefficient (Wildman–Crippen LogP) is 2.53. The van der Waals surface area contributed by atoms with Crippen LogP contribution in [0.2, 0.25) is 0 Å². The molecule has 8 heteroatoms. The van der Waals surface area contributed by atoms with Crippen molar-refractivity contribution in [2.24, 2.45) is 0 Å². The largest absolute Gasteiger partial charge is 0.324 e. The van der Waals surface area contributed by atoms with E-state index in [0.717, 1.165) is 11.8 Å². The summed E-state index contributed by atoms with van der Waals surface area (Å²) in [5.41, 5.74) is 2.26. The monoisotopic (exact) mass is 404 g/mol. The summed E-state index contributed by atoms with van der Waals surface area (Å²) < 4.78 is 36.6. The Morgan fingerprint density at radius 1 is 1.25 bits per heavy atom. The molecule has 1 aliphatic rings. The fourth-order valence-electron chi connectivity index (χ4n) is 3.27. The van der Waals surface area contributed by atoms with Crippen molar-refractivity contribution in [1.29, 1.82) is 0 Å². The molecule has 2 aromatic carbocycles. The Kier molecular flexibility index (Phi) is 5.51. The Bertz CT molecular complexity index is 1040. The van der Waals surface area contributed by atoms with E-state index < -0.39 is 27.6 Å². The fourth-order valence-corrected chi connectivity index (χ4v) is 3.92. The lowest BCUT2D eigenvalue weighted by Gasteiger charge is -2.27. The standard InChI is InChI=1S/C20H21FN2O4S/c1-13-11-15(21)7-8-17(13)22-19(24)18(9-10-28(2,26)27)23-12-14-5-3-4-6-16(14)20(23)25/h3-8,11,18H,9-10,12H2,1-2H3,(H,22,24)/t18-/m1/s1. The molecule has 1 aliphatic heterocycles. The molecule has 28 heavy (non-hydrogen) atoms. The molecular formula is C20H21FN2O4S. The van der Waals surface area contributed by atoms with Crippen molar-refractivity contribution in [3.05, 3.63) is 65.0 Å². The third-order valence-electron chi connectivity index (χ3n) is 4.74. The molecule has 6 nitrogen and oxygen atoms in total. The normalized spacial score (nSPS) is 14.7. The summed E-state index contributed by atoms with van der Waals surface area (Å²) in [6, 6.07) is 10.0. The van der Waals surface area contributed by atoms with Gasteiger partial charge in [0.15, 0.2) is 0 Å². The van der Waals surface area contributed by atoms with Crippen molar-refractivity contribution < 1.29 is 22.4 Å². The van der Waals surface area contributed by atoms with Crippen LogP contribution in [0.5, 0.6) is 0 Å². The number of benzene rings is 2. The number of nitrogens with zero attached hydrogens (tertiary/aromatic N) is 1. The van der Waals surface area contributed by atoms with E-state index in [2.05, 4.69) is 5.32 Å². The van der Waals surface area contributed by atoms with Crippen molar-refractivity contribution in [2.45, 2.75) is 25.9 Å². The van der Waals surface area contributed by atoms with E-state index in [1.165, 1.54) is 23.1 Å². The minimum atomic E-state index is -3.32. The first-order valence-corrected chi connectivity index (χ1v) is 10.9. The maximum absolute atomic E-state index is 13.3. The van der Waals surface area contributed by atoms with E-state index in [9.17, 15) is 22.4 Å². The number of amides is 2. The Balaban J connectivity index is 1.87. The van der Waals surface area contributed by atoms with Crippen LogP contribution >= 0.6 is 0 Å². The van der Waals surface area contributed by atoms with Gasteiger partial charge in [0.1, 0.15) is 21.7 Å². The highest BCUT2D eigenvalue weighted by Crippen LogP contribution is 2.27. The van der Waals surface area contributed by atoms with Gasteiger partial charge in [-0.25, -0.2) is 12.8 Å². The number of aryl methyl sites for hydroxylation is 1. The average Bonchev–Trinajstić information content (AvgIpc) is 2.94. The van der Waals surface area contributed by atoms with E-state index in [1.807, 2.05) is 12.1 Å². The highest BCUT2D eigenvalue weighted by Gasteiger charge is 2.36. The lowest BCUT2D eigenvalue weighted by molar-refractivity contribution is -0.120. The van der Waals surface area contributed by atoms with Crippen LogP contribution in [0.15, 0.2) is 42.5 Å². The van der Waals surface area contributed by atoms with E-state index in [0.29, 0.717) is 16.8 Å². The number of carbonyl (C=O) groups excluding carboxylic acids is 2. The van der Waals surface area contributed by atoms with Gasteiger partial charge in [0.2, 0.25) is 5.91 Å². The Hall–Kier alpha value is -2.74. The van der Waals surface area contributed by atoms with Gasteiger partial charge in [-0.15, -0.1) is 0 Å². The lowest BCUT2D eigenvalue weighted by Crippen LogP contribution is -2.45. The van der Waals surface area contributed by atoms with Crippen molar-refractivity contribution in [3.63, 3.8) is 0 Å². The molecule has 2 aromatic rings. The number of carbonyl (C=O) groups is 2. The minimum absolute atomic E-state index is 0.0232. The van der Waals surface area contributed by atoms with Crippen LogP contribution < -0.4 is 5.32 Å². The first kappa shape index (κ1) is 20.0. The van der Waals surface area contributed by atoms with Gasteiger partial charge in [0.05, 0.1) is 5.75 Å². The molecule has 0 fully saturated rings. The summed E-state index contributed by atoms with van der Waals surface area (Å²) in [4.78, 5) is 27.1. The highest BCUT2D eigenvalue weighted by molar-refractivity contribution is 7.90. The molecular weight excluding hydrogens is 383 g/mol. The lowest BCUT2D eigenvalue weighted by atomic mass is 10.1. The Morgan fingerprint density at radius 3 is 2.61 bits per heavy atom. The summed E-state index contributed by atoms with van der Waals surface area (Å²) in [6.45, 7) is 1.89. The summed E-state index contributed by atoms with van der Waals surface area (Å²) in [7, 11) is -3.32. The van der Waals surface area contributed by atoms with E-state index in [4.69, 9.17) is 0 Å². The number of fused-ring (bicyclic) bond motifs is 1. The third kappa shape index (κ3) is 4.39. The van der Waals surface area contributed by atoms with E-state index in [-0.39, 0.29) is 24.6 Å². The molecule has 1 heterocycles. The van der Waals surface area contributed by atoms with Crippen molar-refractivity contribution in [3.8, 4) is 0 Å². The van der Waals surface area contributed by atoms with Crippen molar-refractivity contribution >= 4 is 27.3 Å². The molecule has 0 saturated heterocycles. The van der Waals surface area contributed by atoms with Crippen LogP contribution in [0.1, 0.15) is 27.9 Å². The first-order valence-electron chi connectivity index (χ1n) is 8.79. The van der Waals surface area contributed by atoms with E-state index in [1.54, 1.807) is 19.1 Å². The number of rotatable bonds is 6. The number of anilines is 1. The van der Waals surface area contributed by atoms with Gasteiger partial charge in [-0.3, -0.25) is 9.59 Å². The molecule has 0 spiro atoms. The van der Waals surface area contributed by atoms with Gasteiger partial charge in [-0.2, -0.15) is 0 Å². The highest BCUT2D eigenvalue weighted by atomic mass is 32.2. The summed E-state index contributed by atoms with van der Waals surface area (Å²) in [5.74, 6) is -1.46. The quantitative estimate of drug-likeness (QED) is 0.802. The first-order chi connectivity index (χ1) is 13.2. The van der Waals surface area contributed by atoms with Gasteiger partial charge < -0.3 is 10.2 Å². The second-order valence-corrected chi connectivity index (χ2v) is 9.23. The molecule has 0 aromatic heterocycles. The number of sulfone groups is 1. The Morgan fingerprint density at radius 2 is 1.96 bits per heavy atom. The SMILES string of the molecule is Cc1cc(F)ccc1NC(=O)[C@@H](CCS(C)(=O)=O)N1Cc2ccccc2C1=O. The molecule has 1 atom stereocenters. The van der Waals surface area contributed by atoms with Gasteiger partial charge >= 0.3 is 0 Å². The molecule has 0 unspecified atom stereocenters. The van der Waals surface area contributed by atoms with Crippen molar-refractivity contribution in [1.82, 2.24) is 4.90 Å².